The highest BCUT2D eigenvalue weighted by Gasteiger charge is 2.21. The molecule has 7 nitrogen and oxygen atoms in total. The van der Waals surface area contributed by atoms with Gasteiger partial charge in [-0.2, -0.15) is 4.98 Å². The summed E-state index contributed by atoms with van der Waals surface area (Å²) >= 11 is 0. The number of ether oxygens (including phenoxy) is 2. The van der Waals surface area contributed by atoms with Crippen LogP contribution in [0.5, 0.6) is 11.5 Å². The van der Waals surface area contributed by atoms with Crippen molar-refractivity contribution in [3.63, 3.8) is 0 Å². The van der Waals surface area contributed by atoms with Crippen molar-refractivity contribution in [2.45, 2.75) is 52.1 Å². The Morgan fingerprint density at radius 3 is 2.52 bits per heavy atom. The minimum absolute atomic E-state index is 0.445. The van der Waals surface area contributed by atoms with Gasteiger partial charge in [-0.15, -0.1) is 0 Å². The number of nitrogens with one attached hydrogen (secondary N) is 2. The molecule has 0 radical (unpaired) electrons. The fraction of sp³-hybridized carbons (Fsp3) is 0.583. The van der Waals surface area contributed by atoms with Crippen molar-refractivity contribution < 1.29 is 9.47 Å². The monoisotopic (exact) mass is 427 g/mol. The first-order valence-corrected chi connectivity index (χ1v) is 11.4. The predicted octanol–water partition coefficient (Wildman–Crippen LogP) is 4.10. The molecule has 0 unspecified atom stereocenters. The highest BCUT2D eigenvalue weighted by molar-refractivity contribution is 5.41. The Morgan fingerprint density at radius 1 is 1.03 bits per heavy atom. The molecule has 1 aliphatic carbocycles. The smallest absolute Gasteiger partial charge is 0.224 e. The molecule has 0 saturated heterocycles. The molecule has 0 atom stereocenters. The standard InChI is InChI=1S/C24H37N5O2/c1-5-30-21-11-12-22(31-6-2)19(15-21)17-25-16-18-7-9-20(10-8-18)27-24-26-14-13-23(28-24)29(3)4/h11-15,18,20,25H,5-10,16-17H2,1-4H3,(H,26,27,28)/t18-,20+. The SMILES string of the molecule is CCOc1ccc(OCC)c(CNC[C@H]2CC[C@@H](Nc3nccc(N(C)C)n3)CC2)c1. The Kier molecular flexibility index (Phi) is 8.76. The summed E-state index contributed by atoms with van der Waals surface area (Å²) in [5.41, 5.74) is 1.15. The van der Waals surface area contributed by atoms with Crippen LogP contribution >= 0.6 is 0 Å². The Balaban J connectivity index is 1.44. The summed E-state index contributed by atoms with van der Waals surface area (Å²) in [5.74, 6) is 4.18. The lowest BCUT2D eigenvalue weighted by Crippen LogP contribution is -2.31. The van der Waals surface area contributed by atoms with Crippen molar-refractivity contribution in [1.29, 1.82) is 0 Å². The van der Waals surface area contributed by atoms with Gasteiger partial charge in [0.2, 0.25) is 5.95 Å². The van der Waals surface area contributed by atoms with E-state index in [1.165, 1.54) is 12.8 Å². The van der Waals surface area contributed by atoms with Gasteiger partial charge in [-0.25, -0.2) is 4.98 Å². The lowest BCUT2D eigenvalue weighted by atomic mass is 9.86. The van der Waals surface area contributed by atoms with Crippen LogP contribution in [0.25, 0.3) is 0 Å². The average Bonchev–Trinajstić information content (AvgIpc) is 2.77. The van der Waals surface area contributed by atoms with Crippen LogP contribution in [0.2, 0.25) is 0 Å². The van der Waals surface area contributed by atoms with Crippen LogP contribution in [0.4, 0.5) is 11.8 Å². The van der Waals surface area contributed by atoms with E-state index in [9.17, 15) is 0 Å². The zero-order valence-corrected chi connectivity index (χ0v) is 19.4. The first kappa shape index (κ1) is 23.1. The van der Waals surface area contributed by atoms with E-state index in [1.54, 1.807) is 0 Å². The molecule has 0 bridgehead atoms. The molecule has 170 valence electrons. The Bertz CT molecular complexity index is 806. The van der Waals surface area contributed by atoms with Gasteiger partial charge in [0.15, 0.2) is 0 Å². The van der Waals surface area contributed by atoms with Crippen LogP contribution in [0.15, 0.2) is 30.5 Å². The van der Waals surface area contributed by atoms with Crippen molar-refractivity contribution in [1.82, 2.24) is 15.3 Å². The minimum atomic E-state index is 0.445. The molecule has 31 heavy (non-hydrogen) atoms. The number of nitrogens with zero attached hydrogens (tertiary/aromatic N) is 3. The number of hydrogen-bond donors (Lipinski definition) is 2. The largest absolute Gasteiger partial charge is 0.494 e. The zero-order valence-electron chi connectivity index (χ0n) is 19.4. The van der Waals surface area contributed by atoms with Crippen LogP contribution in [-0.2, 0) is 6.54 Å². The molecule has 1 saturated carbocycles. The molecule has 3 rings (SSSR count). The van der Waals surface area contributed by atoms with Gasteiger partial charge in [-0.05, 0) is 76.3 Å². The van der Waals surface area contributed by atoms with Crippen LogP contribution in [0, 0.1) is 5.92 Å². The highest BCUT2D eigenvalue weighted by Crippen LogP contribution is 2.27. The second-order valence-corrected chi connectivity index (χ2v) is 8.26. The fourth-order valence-corrected chi connectivity index (χ4v) is 4.02. The third-order valence-electron chi connectivity index (χ3n) is 5.67. The van der Waals surface area contributed by atoms with Gasteiger partial charge in [0.1, 0.15) is 17.3 Å². The molecule has 1 heterocycles. The summed E-state index contributed by atoms with van der Waals surface area (Å²) in [6.07, 6.45) is 6.51. The lowest BCUT2D eigenvalue weighted by molar-refractivity contribution is 0.316. The maximum atomic E-state index is 5.79. The van der Waals surface area contributed by atoms with Crippen molar-refractivity contribution >= 4 is 11.8 Å². The molecule has 2 N–H and O–H groups in total. The molecule has 2 aromatic rings. The first-order valence-electron chi connectivity index (χ1n) is 11.4. The van der Waals surface area contributed by atoms with Gasteiger partial charge in [0.05, 0.1) is 13.2 Å². The molecule has 1 aromatic heterocycles. The van der Waals surface area contributed by atoms with Crippen LogP contribution in [-0.4, -0.2) is 49.9 Å². The summed E-state index contributed by atoms with van der Waals surface area (Å²) in [7, 11) is 3.99. The molecule has 7 heteroatoms. The second kappa shape index (κ2) is 11.7. The number of anilines is 2. The molecule has 0 amide bonds. The molecule has 0 aliphatic heterocycles. The van der Waals surface area contributed by atoms with Crippen molar-refractivity contribution in [2.24, 2.45) is 5.92 Å². The van der Waals surface area contributed by atoms with Crippen molar-refractivity contribution in [3.8, 4) is 11.5 Å². The maximum Gasteiger partial charge on any atom is 0.224 e. The fourth-order valence-electron chi connectivity index (χ4n) is 4.02. The number of hydrogen-bond acceptors (Lipinski definition) is 7. The third-order valence-corrected chi connectivity index (χ3v) is 5.67. The van der Waals surface area contributed by atoms with Crippen molar-refractivity contribution in [2.75, 3.05) is 44.1 Å². The van der Waals surface area contributed by atoms with Crippen LogP contribution in [0.3, 0.4) is 0 Å². The van der Waals surface area contributed by atoms with Crippen LogP contribution < -0.4 is 25.0 Å². The summed E-state index contributed by atoms with van der Waals surface area (Å²) in [6.45, 7) is 7.16. The van der Waals surface area contributed by atoms with Gasteiger partial charge in [-0.1, -0.05) is 0 Å². The summed E-state index contributed by atoms with van der Waals surface area (Å²) < 4.78 is 11.4. The van der Waals surface area contributed by atoms with E-state index < -0.39 is 0 Å². The maximum absolute atomic E-state index is 5.79. The Morgan fingerprint density at radius 2 is 1.81 bits per heavy atom. The van der Waals surface area contributed by atoms with Gasteiger partial charge >= 0.3 is 0 Å². The van der Waals surface area contributed by atoms with Crippen LogP contribution in [0.1, 0.15) is 45.1 Å². The van der Waals surface area contributed by atoms with Gasteiger partial charge < -0.3 is 25.0 Å². The third kappa shape index (κ3) is 6.99. The zero-order chi connectivity index (χ0) is 22.1. The molecule has 1 aliphatic rings. The Labute approximate surface area is 186 Å². The number of benzene rings is 1. The summed E-state index contributed by atoms with van der Waals surface area (Å²) in [6, 6.07) is 8.44. The lowest BCUT2D eigenvalue weighted by Gasteiger charge is -2.29. The van der Waals surface area contributed by atoms with E-state index in [0.717, 1.165) is 54.8 Å². The van der Waals surface area contributed by atoms with E-state index in [2.05, 4.69) is 26.7 Å². The van der Waals surface area contributed by atoms with Crippen molar-refractivity contribution in [3.05, 3.63) is 36.0 Å². The van der Waals surface area contributed by atoms with Gasteiger partial charge in [-0.3, -0.25) is 0 Å². The topological polar surface area (TPSA) is 71.5 Å². The molecule has 0 spiro atoms. The van der Waals surface area contributed by atoms with E-state index in [-0.39, 0.29) is 0 Å². The highest BCUT2D eigenvalue weighted by atomic mass is 16.5. The quantitative estimate of drug-likeness (QED) is 0.559. The number of rotatable bonds is 11. The van der Waals surface area contributed by atoms with E-state index in [4.69, 9.17) is 9.47 Å². The predicted molar refractivity (Wildman–Crippen MR) is 126 cm³/mol. The number of aromatic nitrogens is 2. The van der Waals surface area contributed by atoms with E-state index in [1.807, 2.05) is 57.2 Å². The van der Waals surface area contributed by atoms with E-state index in [0.29, 0.717) is 25.2 Å². The molecular formula is C24H37N5O2. The minimum Gasteiger partial charge on any atom is -0.494 e. The second-order valence-electron chi connectivity index (χ2n) is 8.26. The summed E-state index contributed by atoms with van der Waals surface area (Å²) in [4.78, 5) is 11.0. The first-order chi connectivity index (χ1) is 15.1. The van der Waals surface area contributed by atoms with Gasteiger partial charge in [0.25, 0.3) is 0 Å². The summed E-state index contributed by atoms with van der Waals surface area (Å²) in [5, 5.41) is 7.16. The molecular weight excluding hydrogens is 390 g/mol. The van der Waals surface area contributed by atoms with E-state index >= 15 is 0 Å². The average molecular weight is 428 g/mol. The normalized spacial score (nSPS) is 18.5. The van der Waals surface area contributed by atoms with Gasteiger partial charge in [0, 0.05) is 38.4 Å². The molecule has 1 aromatic carbocycles. The Hall–Kier alpha value is -2.54. The molecule has 1 fully saturated rings.